The van der Waals surface area contributed by atoms with Gasteiger partial charge in [0.1, 0.15) is 0 Å². The van der Waals surface area contributed by atoms with Crippen molar-refractivity contribution in [2.45, 2.75) is 50.6 Å². The molecule has 0 radical (unpaired) electrons. The number of carbonyl (C=O) groups is 1. The van der Waals surface area contributed by atoms with Crippen molar-refractivity contribution in [3.05, 3.63) is 28.8 Å². The summed E-state index contributed by atoms with van der Waals surface area (Å²) in [5, 5.41) is 3.36. The lowest BCUT2D eigenvalue weighted by Gasteiger charge is -2.31. The Bertz CT molecular complexity index is 1120. The van der Waals surface area contributed by atoms with Gasteiger partial charge in [-0.15, -0.1) is 11.3 Å². The van der Waals surface area contributed by atoms with Crippen LogP contribution in [0.5, 0.6) is 0 Å². The number of fused-ring (bicyclic) bond motifs is 3. The second-order valence-corrected chi connectivity index (χ2v) is 11.7. The molecule has 0 bridgehead atoms. The highest BCUT2D eigenvalue weighted by atomic mass is 32.2. The van der Waals surface area contributed by atoms with Crippen molar-refractivity contribution < 1.29 is 13.2 Å². The molecule has 31 heavy (non-hydrogen) atoms. The highest BCUT2D eigenvalue weighted by molar-refractivity contribution is 7.88. The predicted octanol–water partition coefficient (Wildman–Crippen LogP) is 2.90. The first kappa shape index (κ1) is 20.8. The molecule has 2 saturated heterocycles. The van der Waals surface area contributed by atoms with Crippen LogP contribution in [0.1, 0.15) is 54.3 Å². The van der Waals surface area contributed by atoms with Gasteiger partial charge in [-0.2, -0.15) is 0 Å². The minimum absolute atomic E-state index is 0.128. The normalized spacial score (nSPS) is 24.5. The molecule has 2 aromatic rings. The van der Waals surface area contributed by atoms with Gasteiger partial charge in [0.25, 0.3) is 5.91 Å². The topological polar surface area (TPSA) is 95.5 Å². The number of rotatable bonds is 5. The van der Waals surface area contributed by atoms with E-state index in [0.717, 1.165) is 54.8 Å². The number of hydrogen-bond donors (Lipinski definition) is 1. The summed E-state index contributed by atoms with van der Waals surface area (Å²) in [4.78, 5) is 26.3. The van der Waals surface area contributed by atoms with E-state index in [1.807, 2.05) is 12.1 Å². The molecule has 2 aromatic heterocycles. The van der Waals surface area contributed by atoms with E-state index in [0.29, 0.717) is 19.0 Å². The number of amides is 1. The van der Waals surface area contributed by atoms with Crippen LogP contribution in [0.2, 0.25) is 0 Å². The van der Waals surface area contributed by atoms with Crippen molar-refractivity contribution in [1.29, 1.82) is 0 Å². The molecule has 0 spiro atoms. The van der Waals surface area contributed by atoms with Crippen molar-refractivity contribution in [1.82, 2.24) is 19.2 Å². The smallest absolute Gasteiger partial charge is 0.255 e. The SMILES string of the molecule is CCC12CCCN1C(=O)c1cc(-c3ccnc(NC4CCN(S(C)(=O)=O)CC4)n3)sc12. The van der Waals surface area contributed by atoms with Crippen LogP contribution >= 0.6 is 11.3 Å². The Hall–Kier alpha value is -2.04. The van der Waals surface area contributed by atoms with Gasteiger partial charge in [0.15, 0.2) is 0 Å². The first-order chi connectivity index (χ1) is 14.8. The summed E-state index contributed by atoms with van der Waals surface area (Å²) in [5.41, 5.74) is 1.52. The Morgan fingerprint density at radius 2 is 2.06 bits per heavy atom. The second kappa shape index (κ2) is 7.53. The summed E-state index contributed by atoms with van der Waals surface area (Å²) in [6.45, 7) is 4.03. The minimum Gasteiger partial charge on any atom is -0.351 e. The molecule has 1 amide bonds. The third-order valence-electron chi connectivity index (χ3n) is 6.87. The van der Waals surface area contributed by atoms with Gasteiger partial charge in [-0.1, -0.05) is 6.92 Å². The predicted molar refractivity (Wildman–Crippen MR) is 121 cm³/mol. The average molecular weight is 462 g/mol. The quantitative estimate of drug-likeness (QED) is 0.736. The lowest BCUT2D eigenvalue weighted by molar-refractivity contribution is 0.0656. The Kier molecular flexibility index (Phi) is 5.06. The van der Waals surface area contributed by atoms with Gasteiger partial charge < -0.3 is 10.2 Å². The van der Waals surface area contributed by atoms with Crippen LogP contribution in [0.4, 0.5) is 5.95 Å². The van der Waals surface area contributed by atoms with E-state index in [1.54, 1.807) is 17.5 Å². The molecule has 8 nitrogen and oxygen atoms in total. The summed E-state index contributed by atoms with van der Waals surface area (Å²) in [5.74, 6) is 0.699. The number of piperidine rings is 1. The van der Waals surface area contributed by atoms with E-state index in [4.69, 9.17) is 4.98 Å². The molecule has 0 aliphatic carbocycles. The zero-order valence-corrected chi connectivity index (χ0v) is 19.4. The van der Waals surface area contributed by atoms with E-state index < -0.39 is 10.0 Å². The third-order valence-corrected chi connectivity index (χ3v) is 9.52. The number of aromatic nitrogens is 2. The maximum Gasteiger partial charge on any atom is 0.255 e. The molecule has 0 saturated carbocycles. The number of anilines is 1. The minimum atomic E-state index is -3.14. The Balaban J connectivity index is 1.35. The lowest BCUT2D eigenvalue weighted by atomic mass is 9.92. The molecule has 3 aliphatic heterocycles. The third kappa shape index (κ3) is 3.44. The molecule has 2 fully saturated rings. The summed E-state index contributed by atoms with van der Waals surface area (Å²) in [7, 11) is -3.14. The van der Waals surface area contributed by atoms with Crippen molar-refractivity contribution in [2.75, 3.05) is 31.2 Å². The van der Waals surface area contributed by atoms with Gasteiger partial charge in [0.05, 0.1) is 27.9 Å². The number of hydrogen-bond acceptors (Lipinski definition) is 7. The standard InChI is InChI=1S/C21H27N5O3S2/c1-3-21-8-4-10-26(21)19(27)15-13-17(30-18(15)21)16-5-9-22-20(24-16)23-14-6-11-25(12-7-14)31(2,28)29/h5,9,13-14H,3-4,6-8,10-12H2,1-2H3,(H,22,23,24). The first-order valence-electron chi connectivity index (χ1n) is 10.8. The summed E-state index contributed by atoms with van der Waals surface area (Å²) in [6, 6.07) is 4.02. The van der Waals surface area contributed by atoms with Crippen LogP contribution < -0.4 is 5.32 Å². The van der Waals surface area contributed by atoms with Gasteiger partial charge in [-0.25, -0.2) is 22.7 Å². The van der Waals surface area contributed by atoms with Crippen LogP contribution in [0.3, 0.4) is 0 Å². The van der Waals surface area contributed by atoms with Crippen molar-refractivity contribution >= 4 is 33.2 Å². The zero-order chi connectivity index (χ0) is 21.8. The summed E-state index contributed by atoms with van der Waals surface area (Å²) in [6.07, 6.45) is 7.46. The van der Waals surface area contributed by atoms with E-state index in [1.165, 1.54) is 15.4 Å². The van der Waals surface area contributed by atoms with Crippen LogP contribution in [0.15, 0.2) is 18.3 Å². The largest absolute Gasteiger partial charge is 0.351 e. The molecule has 1 N–H and O–H groups in total. The molecule has 5 rings (SSSR count). The number of sulfonamides is 1. The van der Waals surface area contributed by atoms with Gasteiger partial charge >= 0.3 is 0 Å². The molecule has 0 aromatic carbocycles. The zero-order valence-electron chi connectivity index (χ0n) is 17.8. The molecule has 1 atom stereocenters. The second-order valence-electron chi connectivity index (χ2n) is 8.65. The maximum absolute atomic E-state index is 13.0. The molecule has 10 heteroatoms. The van der Waals surface area contributed by atoms with Gasteiger partial charge in [-0.3, -0.25) is 4.79 Å². The van der Waals surface area contributed by atoms with E-state index in [-0.39, 0.29) is 17.5 Å². The molecular weight excluding hydrogens is 434 g/mol. The summed E-state index contributed by atoms with van der Waals surface area (Å²) >= 11 is 1.68. The van der Waals surface area contributed by atoms with E-state index >= 15 is 0 Å². The first-order valence-corrected chi connectivity index (χ1v) is 13.5. The summed E-state index contributed by atoms with van der Waals surface area (Å²) < 4.78 is 24.9. The molecule has 5 heterocycles. The van der Waals surface area contributed by atoms with E-state index in [2.05, 4.69) is 22.1 Å². The maximum atomic E-state index is 13.0. The fraction of sp³-hybridized carbons (Fsp3) is 0.571. The Morgan fingerprint density at radius 3 is 2.77 bits per heavy atom. The van der Waals surface area contributed by atoms with Crippen molar-refractivity contribution in [3.63, 3.8) is 0 Å². The van der Waals surface area contributed by atoms with Crippen molar-refractivity contribution in [3.8, 4) is 10.6 Å². The highest BCUT2D eigenvalue weighted by Crippen LogP contribution is 2.53. The number of nitrogens with one attached hydrogen (secondary N) is 1. The van der Waals surface area contributed by atoms with Gasteiger partial charge in [0.2, 0.25) is 16.0 Å². The van der Waals surface area contributed by atoms with Crippen molar-refractivity contribution in [2.24, 2.45) is 0 Å². The Labute approximate surface area is 186 Å². The van der Waals surface area contributed by atoms with Crippen LogP contribution in [-0.4, -0.2) is 65.4 Å². The van der Waals surface area contributed by atoms with Gasteiger partial charge in [-0.05, 0) is 44.2 Å². The van der Waals surface area contributed by atoms with Crippen LogP contribution in [0, 0.1) is 0 Å². The Morgan fingerprint density at radius 1 is 1.29 bits per heavy atom. The molecule has 1 unspecified atom stereocenters. The lowest BCUT2D eigenvalue weighted by Crippen LogP contribution is -2.42. The fourth-order valence-corrected chi connectivity index (χ4v) is 7.48. The number of thiophene rings is 1. The van der Waals surface area contributed by atoms with Crippen LogP contribution in [0.25, 0.3) is 10.6 Å². The monoisotopic (exact) mass is 461 g/mol. The number of nitrogens with zero attached hydrogens (tertiary/aromatic N) is 4. The highest BCUT2D eigenvalue weighted by Gasteiger charge is 2.52. The molecular formula is C21H27N5O3S2. The van der Waals surface area contributed by atoms with Crippen LogP contribution in [-0.2, 0) is 15.6 Å². The van der Waals surface area contributed by atoms with E-state index in [9.17, 15) is 13.2 Å². The van der Waals surface area contributed by atoms with Gasteiger partial charge in [0, 0.05) is 36.8 Å². The molecule has 166 valence electrons. The fourth-order valence-electron chi connectivity index (χ4n) is 5.19. The molecule has 3 aliphatic rings. The average Bonchev–Trinajstić information content (AvgIpc) is 3.42. The number of carbonyl (C=O) groups excluding carboxylic acids is 1.